The number of rotatable bonds is 2. The summed E-state index contributed by atoms with van der Waals surface area (Å²) in [6.45, 7) is 4.16. The van der Waals surface area contributed by atoms with Crippen LogP contribution in [0.2, 0.25) is 0 Å². The molecule has 0 aromatic carbocycles. The van der Waals surface area contributed by atoms with Crippen LogP contribution in [0.15, 0.2) is 18.7 Å². The molecule has 0 aliphatic carbocycles. The Kier molecular flexibility index (Phi) is 1.67. The smallest absolute Gasteiger partial charge is 0.0949 e. The van der Waals surface area contributed by atoms with Gasteiger partial charge in [0, 0.05) is 12.4 Å². The first-order valence-corrected chi connectivity index (χ1v) is 2.74. The molecule has 1 radical (unpaired) electrons. The predicted molar refractivity (Wildman–Crippen MR) is 32.2 cm³/mol. The molecule has 1 aromatic heterocycles. The van der Waals surface area contributed by atoms with Gasteiger partial charge in [-0.1, -0.05) is 6.92 Å². The molecule has 0 N–H and O–H groups in total. The molecule has 2 nitrogen and oxygen atoms in total. The highest BCUT2D eigenvalue weighted by molar-refractivity contribution is 4.80. The first kappa shape index (κ1) is 5.35. The topological polar surface area (TPSA) is 17.8 Å². The molecule has 0 amide bonds. The summed E-state index contributed by atoms with van der Waals surface area (Å²) in [7, 11) is 0. The molecular formula is C6H9N2. The fourth-order valence-corrected chi connectivity index (χ4v) is 0.588. The molecule has 0 spiro atoms. The molecule has 0 atom stereocenters. The van der Waals surface area contributed by atoms with E-state index in [9.17, 15) is 0 Å². The van der Waals surface area contributed by atoms with Crippen LogP contribution in [0.25, 0.3) is 0 Å². The van der Waals surface area contributed by atoms with Gasteiger partial charge < -0.3 is 4.57 Å². The first-order valence-electron chi connectivity index (χ1n) is 2.74. The lowest BCUT2D eigenvalue weighted by atomic mass is 10.5. The third-order valence-corrected chi connectivity index (χ3v) is 0.918. The van der Waals surface area contributed by atoms with E-state index in [-0.39, 0.29) is 0 Å². The summed E-state index contributed by atoms with van der Waals surface area (Å²) >= 11 is 0. The zero-order valence-electron chi connectivity index (χ0n) is 4.91. The maximum Gasteiger partial charge on any atom is 0.0949 e. The molecule has 1 heterocycles. The minimum Gasteiger partial charge on any atom is -0.332 e. The van der Waals surface area contributed by atoms with Crippen LogP contribution < -0.4 is 0 Å². The second-order valence-electron chi connectivity index (χ2n) is 1.60. The fourth-order valence-electron chi connectivity index (χ4n) is 0.588. The number of nitrogens with zero attached hydrogens (tertiary/aromatic N) is 2. The fraction of sp³-hybridized carbons (Fsp3) is 0.333. The second kappa shape index (κ2) is 2.50. The SMILES string of the molecule is CC[CH]n1ccnc1. The molecule has 0 aliphatic heterocycles. The van der Waals surface area contributed by atoms with Crippen molar-refractivity contribution in [1.29, 1.82) is 0 Å². The Morgan fingerprint density at radius 2 is 2.62 bits per heavy atom. The average molecular weight is 109 g/mol. The van der Waals surface area contributed by atoms with Gasteiger partial charge in [0.25, 0.3) is 0 Å². The Hall–Kier alpha value is -0.790. The van der Waals surface area contributed by atoms with Gasteiger partial charge in [0.15, 0.2) is 0 Å². The molecule has 2 heteroatoms. The van der Waals surface area contributed by atoms with Crippen LogP contribution in [-0.2, 0) is 0 Å². The molecular weight excluding hydrogens is 100 g/mol. The van der Waals surface area contributed by atoms with Crippen molar-refractivity contribution < 1.29 is 0 Å². The first-order chi connectivity index (χ1) is 3.93. The molecule has 0 saturated heterocycles. The van der Waals surface area contributed by atoms with Gasteiger partial charge >= 0.3 is 0 Å². The van der Waals surface area contributed by atoms with Crippen LogP contribution in [-0.4, -0.2) is 9.55 Å². The van der Waals surface area contributed by atoms with Crippen LogP contribution in [0.3, 0.4) is 0 Å². The normalized spacial score (nSPS) is 9.62. The van der Waals surface area contributed by atoms with Crippen molar-refractivity contribution in [2.24, 2.45) is 0 Å². The van der Waals surface area contributed by atoms with Gasteiger partial charge in [0.1, 0.15) is 0 Å². The number of aromatic nitrogens is 2. The Balaban J connectivity index is 2.50. The van der Waals surface area contributed by atoms with Gasteiger partial charge in [-0.3, -0.25) is 0 Å². The summed E-state index contributed by atoms with van der Waals surface area (Å²) in [5, 5.41) is 0. The Morgan fingerprint density at radius 1 is 1.75 bits per heavy atom. The third kappa shape index (κ3) is 1.09. The summed E-state index contributed by atoms with van der Waals surface area (Å²) in [4.78, 5) is 3.87. The maximum atomic E-state index is 3.87. The summed E-state index contributed by atoms with van der Waals surface area (Å²) in [5.74, 6) is 0. The summed E-state index contributed by atoms with van der Waals surface area (Å²) in [5.41, 5.74) is 0. The van der Waals surface area contributed by atoms with Crippen molar-refractivity contribution in [3.8, 4) is 0 Å². The van der Waals surface area contributed by atoms with Gasteiger partial charge in [-0.15, -0.1) is 0 Å². The number of hydrogen-bond donors (Lipinski definition) is 0. The molecule has 0 saturated carbocycles. The van der Waals surface area contributed by atoms with E-state index >= 15 is 0 Å². The highest BCUT2D eigenvalue weighted by Gasteiger charge is 1.82. The largest absolute Gasteiger partial charge is 0.332 e. The standard InChI is InChI=1S/C6H9N2/c1-2-4-8-5-3-7-6-8/h3-6H,2H2,1H3. The second-order valence-corrected chi connectivity index (χ2v) is 1.60. The van der Waals surface area contributed by atoms with E-state index in [4.69, 9.17) is 0 Å². The minimum absolute atomic E-state index is 1.05. The van der Waals surface area contributed by atoms with Crippen molar-refractivity contribution in [2.75, 3.05) is 0 Å². The van der Waals surface area contributed by atoms with Crippen molar-refractivity contribution in [3.05, 3.63) is 25.3 Å². The van der Waals surface area contributed by atoms with Crippen LogP contribution in [0.4, 0.5) is 0 Å². The van der Waals surface area contributed by atoms with Crippen molar-refractivity contribution in [2.45, 2.75) is 13.3 Å². The van der Waals surface area contributed by atoms with E-state index in [0.29, 0.717) is 0 Å². The molecule has 0 fully saturated rings. The quantitative estimate of drug-likeness (QED) is 0.559. The zero-order valence-corrected chi connectivity index (χ0v) is 4.91. The minimum atomic E-state index is 1.05. The lowest BCUT2D eigenvalue weighted by Crippen LogP contribution is -1.86. The summed E-state index contributed by atoms with van der Waals surface area (Å²) in [6, 6.07) is 0. The zero-order chi connectivity index (χ0) is 5.82. The molecule has 43 valence electrons. The average Bonchev–Trinajstić information content (AvgIpc) is 2.19. The van der Waals surface area contributed by atoms with Crippen LogP contribution in [0.1, 0.15) is 13.3 Å². The summed E-state index contributed by atoms with van der Waals surface area (Å²) in [6.07, 6.45) is 6.52. The van der Waals surface area contributed by atoms with Crippen molar-refractivity contribution in [1.82, 2.24) is 9.55 Å². The van der Waals surface area contributed by atoms with Gasteiger partial charge in [0.05, 0.1) is 12.9 Å². The Bertz CT molecular complexity index is 132. The third-order valence-electron chi connectivity index (χ3n) is 0.918. The molecule has 0 bridgehead atoms. The van der Waals surface area contributed by atoms with E-state index in [0.717, 1.165) is 6.42 Å². The predicted octanol–water partition coefficient (Wildman–Crippen LogP) is 1.30. The van der Waals surface area contributed by atoms with Gasteiger partial charge in [-0.25, -0.2) is 4.98 Å². The van der Waals surface area contributed by atoms with E-state index in [1.54, 1.807) is 12.5 Å². The molecule has 1 aromatic rings. The molecule has 8 heavy (non-hydrogen) atoms. The van der Waals surface area contributed by atoms with Crippen LogP contribution >= 0.6 is 0 Å². The van der Waals surface area contributed by atoms with Gasteiger partial charge in [-0.05, 0) is 6.42 Å². The van der Waals surface area contributed by atoms with Crippen LogP contribution in [0.5, 0.6) is 0 Å². The van der Waals surface area contributed by atoms with Crippen molar-refractivity contribution >= 4 is 0 Å². The van der Waals surface area contributed by atoms with E-state index in [1.807, 2.05) is 10.8 Å². The lowest BCUT2D eigenvalue weighted by Gasteiger charge is -1.92. The monoisotopic (exact) mass is 109 g/mol. The molecule has 0 unspecified atom stereocenters. The molecule has 0 aliphatic rings. The van der Waals surface area contributed by atoms with E-state index < -0.39 is 0 Å². The molecule has 1 rings (SSSR count). The Morgan fingerprint density at radius 3 is 3.12 bits per heavy atom. The van der Waals surface area contributed by atoms with Crippen molar-refractivity contribution in [3.63, 3.8) is 0 Å². The van der Waals surface area contributed by atoms with E-state index in [1.165, 1.54) is 0 Å². The Labute approximate surface area is 49.2 Å². The van der Waals surface area contributed by atoms with Gasteiger partial charge in [0.2, 0.25) is 0 Å². The van der Waals surface area contributed by atoms with Gasteiger partial charge in [-0.2, -0.15) is 0 Å². The number of imidazole rings is 1. The van der Waals surface area contributed by atoms with Crippen LogP contribution in [0, 0.1) is 6.54 Å². The lowest BCUT2D eigenvalue weighted by molar-refractivity contribution is 0.873. The van der Waals surface area contributed by atoms with E-state index in [2.05, 4.69) is 18.5 Å². The highest BCUT2D eigenvalue weighted by Crippen LogP contribution is 1.89. The highest BCUT2D eigenvalue weighted by atomic mass is 15.0. The maximum absolute atomic E-state index is 3.87. The summed E-state index contributed by atoms with van der Waals surface area (Å²) < 4.78 is 1.94. The number of hydrogen-bond acceptors (Lipinski definition) is 1.